The molecule has 0 spiro atoms. The van der Waals surface area contributed by atoms with Crippen molar-refractivity contribution in [2.45, 2.75) is 65.5 Å². The maximum atomic E-state index is 14.2. The minimum atomic E-state index is -0.350. The normalized spacial score (nSPS) is 14.6. The van der Waals surface area contributed by atoms with Gasteiger partial charge in [0.15, 0.2) is 5.65 Å². The highest BCUT2D eigenvalue weighted by atomic mass is 19.1. The summed E-state index contributed by atoms with van der Waals surface area (Å²) in [4.78, 5) is 24.8. The molecule has 1 amide bonds. The average Bonchev–Trinajstić information content (AvgIpc) is 3.39. The van der Waals surface area contributed by atoms with Crippen molar-refractivity contribution in [2.24, 2.45) is 5.92 Å². The van der Waals surface area contributed by atoms with Crippen LogP contribution in [0.5, 0.6) is 0 Å². The van der Waals surface area contributed by atoms with Gasteiger partial charge in [-0.15, -0.1) is 0 Å². The number of imidazole rings is 1. The Morgan fingerprint density at radius 1 is 1.23 bits per heavy atom. The van der Waals surface area contributed by atoms with Crippen LogP contribution in [-0.2, 0) is 6.54 Å². The molecule has 0 atom stereocenters. The molecule has 4 rings (SSSR count). The first-order valence-electron chi connectivity index (χ1n) is 11.3. The molecule has 0 radical (unpaired) electrons. The van der Waals surface area contributed by atoms with Crippen molar-refractivity contribution in [1.82, 2.24) is 19.4 Å². The second-order valence-corrected chi connectivity index (χ2v) is 9.00. The van der Waals surface area contributed by atoms with Crippen LogP contribution < -0.4 is 0 Å². The summed E-state index contributed by atoms with van der Waals surface area (Å²) in [5.74, 6) is 0.832. The maximum Gasteiger partial charge on any atom is 0.254 e. The zero-order valence-electron chi connectivity index (χ0n) is 18.6. The largest absolute Gasteiger partial charge is 0.331 e. The van der Waals surface area contributed by atoms with E-state index in [-0.39, 0.29) is 11.7 Å². The molecule has 1 fully saturated rings. The Hall–Kier alpha value is -2.76. The van der Waals surface area contributed by atoms with Crippen molar-refractivity contribution in [3.8, 4) is 0 Å². The lowest BCUT2D eigenvalue weighted by Gasteiger charge is -2.26. The van der Waals surface area contributed by atoms with Gasteiger partial charge in [-0.05, 0) is 61.9 Å². The van der Waals surface area contributed by atoms with E-state index in [0.717, 1.165) is 36.3 Å². The molecular formula is C25H31FN4O. The molecule has 1 aromatic carbocycles. The number of pyridine rings is 1. The van der Waals surface area contributed by atoms with E-state index in [0.29, 0.717) is 36.2 Å². The molecule has 0 bridgehead atoms. The molecule has 2 aromatic heterocycles. The van der Waals surface area contributed by atoms with Crippen molar-refractivity contribution >= 4 is 17.1 Å². The first kappa shape index (κ1) is 21.5. The summed E-state index contributed by atoms with van der Waals surface area (Å²) in [6, 6.07) is 8.96. The third-order valence-electron chi connectivity index (χ3n) is 6.31. The minimum absolute atomic E-state index is 0.143. The Kier molecular flexibility index (Phi) is 6.35. The number of amides is 1. The van der Waals surface area contributed by atoms with Crippen LogP contribution in [0.1, 0.15) is 73.7 Å². The second kappa shape index (κ2) is 9.16. The Morgan fingerprint density at radius 3 is 2.74 bits per heavy atom. The van der Waals surface area contributed by atoms with Gasteiger partial charge in [-0.2, -0.15) is 0 Å². The summed E-state index contributed by atoms with van der Waals surface area (Å²) in [7, 11) is 0. The quantitative estimate of drug-likeness (QED) is 0.492. The highest BCUT2D eigenvalue weighted by molar-refractivity contribution is 5.95. The van der Waals surface area contributed by atoms with Crippen molar-refractivity contribution in [2.75, 3.05) is 6.54 Å². The number of hydrogen-bond acceptors (Lipinski definition) is 3. The lowest BCUT2D eigenvalue weighted by atomic mass is 10.1. The van der Waals surface area contributed by atoms with Crippen LogP contribution in [0.3, 0.4) is 0 Å². The minimum Gasteiger partial charge on any atom is -0.331 e. The molecule has 3 aromatic rings. The van der Waals surface area contributed by atoms with Gasteiger partial charge in [0.25, 0.3) is 5.91 Å². The summed E-state index contributed by atoms with van der Waals surface area (Å²) in [5, 5.41) is 0. The fourth-order valence-electron chi connectivity index (χ4n) is 4.48. The van der Waals surface area contributed by atoms with E-state index < -0.39 is 0 Å². The van der Waals surface area contributed by atoms with Crippen LogP contribution in [0.4, 0.5) is 4.39 Å². The van der Waals surface area contributed by atoms with Crippen molar-refractivity contribution in [1.29, 1.82) is 0 Å². The van der Waals surface area contributed by atoms with Crippen LogP contribution >= 0.6 is 0 Å². The topological polar surface area (TPSA) is 51.0 Å². The van der Waals surface area contributed by atoms with Crippen LogP contribution in [0.25, 0.3) is 11.2 Å². The third kappa shape index (κ3) is 4.48. The molecule has 1 aliphatic carbocycles. The molecule has 0 saturated heterocycles. The second-order valence-electron chi connectivity index (χ2n) is 9.00. The van der Waals surface area contributed by atoms with E-state index in [1.54, 1.807) is 25.3 Å². The van der Waals surface area contributed by atoms with Crippen molar-refractivity contribution < 1.29 is 9.18 Å². The lowest BCUT2D eigenvalue weighted by molar-refractivity contribution is 0.0727. The van der Waals surface area contributed by atoms with Crippen LogP contribution in [0.15, 0.2) is 36.5 Å². The van der Waals surface area contributed by atoms with Crippen molar-refractivity contribution in [3.05, 3.63) is 59.3 Å². The van der Waals surface area contributed by atoms with Gasteiger partial charge in [-0.25, -0.2) is 14.4 Å². The van der Waals surface area contributed by atoms with Crippen LogP contribution in [-0.4, -0.2) is 31.9 Å². The molecule has 31 heavy (non-hydrogen) atoms. The standard InChI is InChI=1S/C25H31FN4O/c1-17(2)13-15-29(25(31)20-10-6-11-21(26)18(20)3)16-23-28-22-12-7-14-27-24(22)30(23)19-8-4-5-9-19/h6-7,10-12,14,17,19H,4-5,8-9,13,15-16H2,1-3H3. The molecule has 0 unspecified atom stereocenters. The van der Waals surface area contributed by atoms with Gasteiger partial charge in [0, 0.05) is 24.3 Å². The molecule has 1 saturated carbocycles. The monoisotopic (exact) mass is 422 g/mol. The summed E-state index contributed by atoms with van der Waals surface area (Å²) in [5.41, 5.74) is 2.57. The van der Waals surface area contributed by atoms with Crippen molar-refractivity contribution in [3.63, 3.8) is 0 Å². The summed E-state index contributed by atoms with van der Waals surface area (Å²) >= 11 is 0. The predicted octanol–water partition coefficient (Wildman–Crippen LogP) is 5.68. The summed E-state index contributed by atoms with van der Waals surface area (Å²) in [6.45, 7) is 6.96. The fraction of sp³-hybridized carbons (Fsp3) is 0.480. The molecule has 6 heteroatoms. The number of rotatable bonds is 7. The zero-order chi connectivity index (χ0) is 22.0. The van der Waals surface area contributed by atoms with E-state index in [1.165, 1.54) is 18.9 Å². The van der Waals surface area contributed by atoms with Gasteiger partial charge in [0.2, 0.25) is 0 Å². The number of hydrogen-bond donors (Lipinski definition) is 0. The smallest absolute Gasteiger partial charge is 0.254 e. The number of benzene rings is 1. The zero-order valence-corrected chi connectivity index (χ0v) is 18.6. The molecule has 1 aliphatic rings. The third-order valence-corrected chi connectivity index (χ3v) is 6.31. The Morgan fingerprint density at radius 2 is 2.00 bits per heavy atom. The number of halogens is 1. The number of fused-ring (bicyclic) bond motifs is 1. The number of aromatic nitrogens is 3. The number of carbonyl (C=O) groups excluding carboxylic acids is 1. The maximum absolute atomic E-state index is 14.2. The van der Waals surface area contributed by atoms with Crippen LogP contribution in [0, 0.1) is 18.7 Å². The summed E-state index contributed by atoms with van der Waals surface area (Å²) in [6.07, 6.45) is 7.30. The highest BCUT2D eigenvalue weighted by Crippen LogP contribution is 2.33. The van der Waals surface area contributed by atoms with Gasteiger partial charge in [0.05, 0.1) is 6.54 Å². The molecule has 0 N–H and O–H groups in total. The Balaban J connectivity index is 1.72. The van der Waals surface area contributed by atoms with Gasteiger partial charge >= 0.3 is 0 Å². The predicted molar refractivity (Wildman–Crippen MR) is 120 cm³/mol. The molecule has 5 nitrogen and oxygen atoms in total. The van der Waals surface area contributed by atoms with E-state index in [4.69, 9.17) is 4.98 Å². The lowest BCUT2D eigenvalue weighted by Crippen LogP contribution is -2.34. The first-order valence-corrected chi connectivity index (χ1v) is 11.3. The Labute approximate surface area is 183 Å². The SMILES string of the molecule is Cc1c(F)cccc1C(=O)N(CCC(C)C)Cc1nc2cccnc2n1C1CCCC1. The Bertz CT molecular complexity index is 1070. The summed E-state index contributed by atoms with van der Waals surface area (Å²) < 4.78 is 16.4. The molecule has 0 aliphatic heterocycles. The fourth-order valence-corrected chi connectivity index (χ4v) is 4.48. The van der Waals surface area contributed by atoms with Gasteiger partial charge in [0.1, 0.15) is 17.2 Å². The van der Waals surface area contributed by atoms with E-state index in [2.05, 4.69) is 23.4 Å². The van der Waals surface area contributed by atoms with E-state index in [1.807, 2.05) is 17.0 Å². The van der Waals surface area contributed by atoms with Crippen LogP contribution in [0.2, 0.25) is 0 Å². The first-order chi connectivity index (χ1) is 15.0. The number of carbonyl (C=O) groups is 1. The molecular weight excluding hydrogens is 391 g/mol. The highest BCUT2D eigenvalue weighted by Gasteiger charge is 2.26. The molecule has 164 valence electrons. The van der Waals surface area contributed by atoms with E-state index in [9.17, 15) is 9.18 Å². The van der Waals surface area contributed by atoms with Gasteiger partial charge in [-0.3, -0.25) is 4.79 Å². The molecule has 2 heterocycles. The number of nitrogens with zero attached hydrogens (tertiary/aromatic N) is 4. The average molecular weight is 423 g/mol. The van der Waals surface area contributed by atoms with Gasteiger partial charge in [-0.1, -0.05) is 32.8 Å². The van der Waals surface area contributed by atoms with Gasteiger partial charge < -0.3 is 9.47 Å². The van der Waals surface area contributed by atoms with E-state index >= 15 is 0 Å².